The second-order valence-electron chi connectivity index (χ2n) is 8.74. The highest BCUT2D eigenvalue weighted by molar-refractivity contribution is 7.17. The summed E-state index contributed by atoms with van der Waals surface area (Å²) in [6.45, 7) is 2.11. The fraction of sp³-hybridized carbons (Fsp3) is 0.409. The third-order valence-electron chi connectivity index (χ3n) is 6.29. The van der Waals surface area contributed by atoms with Gasteiger partial charge in [0.05, 0.1) is 17.9 Å². The molecule has 0 saturated heterocycles. The zero-order valence-corrected chi connectivity index (χ0v) is 18.9. The zero-order valence-electron chi connectivity index (χ0n) is 18.1. The lowest BCUT2D eigenvalue weighted by molar-refractivity contribution is -0.174. The molecule has 0 aromatic carbocycles. The van der Waals surface area contributed by atoms with Gasteiger partial charge in [-0.1, -0.05) is 6.92 Å². The summed E-state index contributed by atoms with van der Waals surface area (Å²) < 4.78 is 47.5. The van der Waals surface area contributed by atoms with E-state index < -0.39 is 30.1 Å². The van der Waals surface area contributed by atoms with Gasteiger partial charge in [-0.25, -0.2) is 4.68 Å². The number of thiophene rings is 1. The predicted octanol–water partition coefficient (Wildman–Crippen LogP) is 4.67. The molecule has 34 heavy (non-hydrogen) atoms. The van der Waals surface area contributed by atoms with E-state index in [-0.39, 0.29) is 23.5 Å². The first-order chi connectivity index (χ1) is 16.1. The molecule has 180 valence electrons. The first-order valence-corrected chi connectivity index (χ1v) is 11.7. The van der Waals surface area contributed by atoms with Crippen molar-refractivity contribution in [3.05, 3.63) is 51.9 Å². The minimum atomic E-state index is -4.58. The van der Waals surface area contributed by atoms with Crippen molar-refractivity contribution in [1.29, 1.82) is 0 Å². The topological polar surface area (TPSA) is 115 Å². The highest BCUT2D eigenvalue weighted by Crippen LogP contribution is 2.44. The number of fused-ring (bicyclic) bond motifs is 2. The number of aromatic nitrogens is 2. The van der Waals surface area contributed by atoms with Crippen molar-refractivity contribution in [2.45, 2.75) is 50.9 Å². The molecule has 0 fully saturated rings. The Kier molecular flexibility index (Phi) is 5.42. The quantitative estimate of drug-likeness (QED) is 0.488. The highest BCUT2D eigenvalue weighted by Gasteiger charge is 2.47. The number of primary amides is 1. The van der Waals surface area contributed by atoms with Gasteiger partial charge < -0.3 is 20.8 Å². The summed E-state index contributed by atoms with van der Waals surface area (Å²) in [5.74, 6) is -0.505. The number of amides is 2. The predicted molar refractivity (Wildman–Crippen MR) is 119 cm³/mol. The second-order valence-corrected chi connectivity index (χ2v) is 9.84. The number of carbonyl (C=O) groups excluding carboxylic acids is 2. The van der Waals surface area contributed by atoms with Gasteiger partial charge in [-0.3, -0.25) is 9.59 Å². The van der Waals surface area contributed by atoms with Crippen LogP contribution < -0.4 is 16.4 Å². The fourth-order valence-electron chi connectivity index (χ4n) is 4.63. The van der Waals surface area contributed by atoms with Crippen LogP contribution in [0.4, 0.5) is 24.0 Å². The number of anilines is 2. The van der Waals surface area contributed by atoms with Crippen molar-refractivity contribution in [3.63, 3.8) is 0 Å². The van der Waals surface area contributed by atoms with Gasteiger partial charge in [-0.15, -0.1) is 11.3 Å². The van der Waals surface area contributed by atoms with Crippen LogP contribution >= 0.6 is 11.3 Å². The molecule has 12 heteroatoms. The molecule has 4 N–H and O–H groups in total. The van der Waals surface area contributed by atoms with E-state index in [9.17, 15) is 22.8 Å². The van der Waals surface area contributed by atoms with Crippen LogP contribution in [-0.4, -0.2) is 27.8 Å². The summed E-state index contributed by atoms with van der Waals surface area (Å²) in [6.07, 6.45) is -1.15. The van der Waals surface area contributed by atoms with Crippen molar-refractivity contribution in [2.24, 2.45) is 11.7 Å². The van der Waals surface area contributed by atoms with Gasteiger partial charge in [0.1, 0.15) is 16.6 Å². The van der Waals surface area contributed by atoms with E-state index in [1.807, 2.05) is 0 Å². The number of carbonyl (C=O) groups is 2. The fourth-order valence-corrected chi connectivity index (χ4v) is 6.04. The molecule has 0 radical (unpaired) electrons. The van der Waals surface area contributed by atoms with E-state index in [1.54, 1.807) is 12.1 Å². The van der Waals surface area contributed by atoms with Crippen molar-refractivity contribution >= 4 is 34.0 Å². The number of hydrogen-bond acceptors (Lipinski definition) is 6. The van der Waals surface area contributed by atoms with Crippen molar-refractivity contribution < 1.29 is 27.2 Å². The number of halogens is 3. The zero-order chi connectivity index (χ0) is 24.2. The first-order valence-electron chi connectivity index (χ1n) is 10.8. The number of hydrogen-bond donors (Lipinski definition) is 3. The average Bonchev–Trinajstić information content (AvgIpc) is 3.49. The summed E-state index contributed by atoms with van der Waals surface area (Å²) in [7, 11) is 0. The monoisotopic (exact) mass is 493 g/mol. The largest absolute Gasteiger partial charge is 0.467 e. The van der Waals surface area contributed by atoms with Crippen LogP contribution in [0.1, 0.15) is 68.9 Å². The van der Waals surface area contributed by atoms with Crippen LogP contribution in [0.3, 0.4) is 0 Å². The number of nitrogens with zero attached hydrogens (tertiary/aromatic N) is 2. The third-order valence-corrected chi connectivity index (χ3v) is 7.46. The SMILES string of the molecule is C[C@@H]1CCc2c(sc(NC(=O)c3cc4n(n3)[C@H](C(F)(F)F)C[C@H](c3ccco3)N4)c2C(N)=O)C1. The van der Waals surface area contributed by atoms with Gasteiger partial charge in [0.2, 0.25) is 0 Å². The summed E-state index contributed by atoms with van der Waals surface area (Å²) in [4.78, 5) is 26.1. The Hall–Kier alpha value is -3.28. The average molecular weight is 494 g/mol. The van der Waals surface area contributed by atoms with Crippen molar-refractivity contribution in [2.75, 3.05) is 10.6 Å². The number of nitrogens with two attached hydrogens (primary N) is 1. The highest BCUT2D eigenvalue weighted by atomic mass is 32.1. The van der Waals surface area contributed by atoms with E-state index in [2.05, 4.69) is 22.7 Å². The van der Waals surface area contributed by atoms with Crippen molar-refractivity contribution in [1.82, 2.24) is 9.78 Å². The lowest BCUT2D eigenvalue weighted by Gasteiger charge is -2.32. The van der Waals surface area contributed by atoms with Crippen LogP contribution in [0.25, 0.3) is 0 Å². The van der Waals surface area contributed by atoms with Crippen LogP contribution in [0.2, 0.25) is 0 Å². The van der Waals surface area contributed by atoms with Gasteiger partial charge in [-0.2, -0.15) is 18.3 Å². The van der Waals surface area contributed by atoms with Crippen molar-refractivity contribution in [3.8, 4) is 0 Å². The Balaban J connectivity index is 1.45. The molecule has 3 aromatic rings. The van der Waals surface area contributed by atoms with Gasteiger partial charge in [0.25, 0.3) is 11.8 Å². The summed E-state index contributed by atoms with van der Waals surface area (Å²) in [6, 6.07) is 1.80. The number of rotatable bonds is 4. The molecule has 1 aliphatic heterocycles. The molecule has 3 atom stereocenters. The molecule has 2 aliphatic rings. The van der Waals surface area contributed by atoms with Crippen LogP contribution in [-0.2, 0) is 12.8 Å². The Morgan fingerprint density at radius 2 is 2.18 bits per heavy atom. The van der Waals surface area contributed by atoms with E-state index in [0.717, 1.165) is 28.0 Å². The molecule has 0 spiro atoms. The molecule has 4 heterocycles. The Bertz CT molecular complexity index is 1250. The van der Waals surface area contributed by atoms with Crippen LogP contribution in [0.15, 0.2) is 28.9 Å². The maximum Gasteiger partial charge on any atom is 0.410 e. The molecule has 0 saturated carbocycles. The summed E-state index contributed by atoms with van der Waals surface area (Å²) in [5, 5.41) is 9.89. The van der Waals surface area contributed by atoms with E-state index >= 15 is 0 Å². The van der Waals surface area contributed by atoms with Gasteiger partial charge in [0.15, 0.2) is 11.7 Å². The Labute approximate surface area is 196 Å². The summed E-state index contributed by atoms with van der Waals surface area (Å²) >= 11 is 1.28. The Morgan fingerprint density at radius 3 is 2.85 bits per heavy atom. The van der Waals surface area contributed by atoms with E-state index in [0.29, 0.717) is 23.1 Å². The minimum absolute atomic E-state index is 0.0505. The van der Waals surface area contributed by atoms with Crippen LogP contribution in [0.5, 0.6) is 0 Å². The number of furan rings is 1. The summed E-state index contributed by atoms with van der Waals surface area (Å²) in [5.41, 5.74) is 6.50. The first kappa shape index (κ1) is 22.5. The van der Waals surface area contributed by atoms with Crippen LogP contribution in [0, 0.1) is 5.92 Å². The lowest BCUT2D eigenvalue weighted by Crippen LogP contribution is -2.35. The van der Waals surface area contributed by atoms with Gasteiger partial charge in [-0.05, 0) is 42.9 Å². The number of nitrogens with one attached hydrogen (secondary N) is 2. The Morgan fingerprint density at radius 1 is 1.38 bits per heavy atom. The minimum Gasteiger partial charge on any atom is -0.467 e. The molecule has 5 rings (SSSR count). The molecule has 2 amide bonds. The smallest absolute Gasteiger partial charge is 0.410 e. The lowest BCUT2D eigenvalue weighted by atomic mass is 9.88. The molecule has 0 unspecified atom stereocenters. The maximum absolute atomic E-state index is 13.8. The van der Waals surface area contributed by atoms with E-state index in [4.69, 9.17) is 10.2 Å². The normalized spacial score (nSPS) is 21.9. The molecule has 0 bridgehead atoms. The van der Waals surface area contributed by atoms with Gasteiger partial charge >= 0.3 is 6.18 Å². The molecule has 8 nitrogen and oxygen atoms in total. The molecule has 1 aliphatic carbocycles. The standard InChI is InChI=1S/C22H22F3N5O3S/c1-10-4-5-11-15(7-10)34-21(18(11)19(26)31)28-20(32)13-9-17-27-12(14-3-2-6-33-14)8-16(22(23,24)25)30(17)29-13/h2-3,6,9-10,12,16,27H,4-5,7-8H2,1H3,(H2,26,31)(H,28,32)/t10-,12-,16+/m1/s1. The van der Waals surface area contributed by atoms with E-state index in [1.165, 1.54) is 23.7 Å². The molecule has 3 aromatic heterocycles. The third kappa shape index (κ3) is 3.95. The van der Waals surface area contributed by atoms with Gasteiger partial charge in [0, 0.05) is 17.4 Å². The maximum atomic E-state index is 13.8. The molecular formula is C22H22F3N5O3S. The molecular weight excluding hydrogens is 471 g/mol. The second kappa shape index (κ2) is 8.19. The number of alkyl halides is 3.